The zero-order valence-electron chi connectivity index (χ0n) is 16.5. The van der Waals surface area contributed by atoms with Crippen LogP contribution in [0.1, 0.15) is 17.2 Å². The summed E-state index contributed by atoms with van der Waals surface area (Å²) in [4.78, 5) is 0. The van der Waals surface area contributed by atoms with Crippen LogP contribution in [-0.2, 0) is 0 Å². The van der Waals surface area contributed by atoms with Gasteiger partial charge in [0.15, 0.2) is 0 Å². The van der Waals surface area contributed by atoms with E-state index < -0.39 is 6.10 Å². The average molecular weight is 402 g/mol. The van der Waals surface area contributed by atoms with E-state index >= 15 is 0 Å². The van der Waals surface area contributed by atoms with E-state index in [9.17, 15) is 5.11 Å². The molecule has 1 atom stereocenters. The molecule has 1 aromatic heterocycles. The minimum absolute atomic E-state index is 0.121. The molecular formula is C24H24N3O3+. The molecule has 0 aliphatic carbocycles. The number of aliphatic hydroxyl groups is 1. The highest BCUT2D eigenvalue weighted by Crippen LogP contribution is 2.20. The van der Waals surface area contributed by atoms with Crippen molar-refractivity contribution in [2.75, 3.05) is 13.2 Å². The van der Waals surface area contributed by atoms with Crippen molar-refractivity contribution >= 4 is 0 Å². The van der Waals surface area contributed by atoms with Crippen LogP contribution in [0.5, 0.6) is 5.75 Å². The second-order valence-electron chi connectivity index (χ2n) is 7.00. The Hall–Kier alpha value is -3.48. The highest BCUT2D eigenvalue weighted by molar-refractivity contribution is 5.53. The third-order valence-corrected chi connectivity index (χ3v) is 4.86. The van der Waals surface area contributed by atoms with Crippen LogP contribution in [0.25, 0.3) is 11.5 Å². The first kappa shape index (κ1) is 19.8. The quantitative estimate of drug-likeness (QED) is 0.450. The first-order valence-electron chi connectivity index (χ1n) is 9.90. The normalized spacial score (nSPS) is 12.1. The fourth-order valence-corrected chi connectivity index (χ4v) is 3.33. The topological polar surface area (TPSA) is 85.0 Å². The van der Waals surface area contributed by atoms with E-state index in [0.717, 1.165) is 5.56 Å². The van der Waals surface area contributed by atoms with Gasteiger partial charge < -0.3 is 19.6 Å². The van der Waals surface area contributed by atoms with Crippen molar-refractivity contribution in [3.05, 3.63) is 102 Å². The fraction of sp³-hybridized carbons (Fsp3) is 0.167. The predicted octanol–water partition coefficient (Wildman–Crippen LogP) is 2.83. The van der Waals surface area contributed by atoms with Gasteiger partial charge in [0.2, 0.25) is 12.3 Å². The van der Waals surface area contributed by atoms with Crippen molar-refractivity contribution in [1.29, 1.82) is 0 Å². The van der Waals surface area contributed by atoms with Gasteiger partial charge in [-0.3, -0.25) is 0 Å². The molecule has 0 amide bonds. The van der Waals surface area contributed by atoms with Crippen LogP contribution >= 0.6 is 0 Å². The molecule has 0 spiro atoms. The van der Waals surface area contributed by atoms with Crippen molar-refractivity contribution in [1.82, 2.24) is 10.2 Å². The molecule has 0 saturated carbocycles. The van der Waals surface area contributed by atoms with Crippen LogP contribution in [-0.4, -0.2) is 34.6 Å². The van der Waals surface area contributed by atoms with E-state index in [1.807, 2.05) is 60.7 Å². The number of hydrogen-bond acceptors (Lipinski definition) is 5. The maximum Gasteiger partial charge on any atom is 0.247 e. The third kappa shape index (κ3) is 5.11. The zero-order valence-corrected chi connectivity index (χ0v) is 16.5. The Morgan fingerprint density at radius 1 is 0.867 bits per heavy atom. The third-order valence-electron chi connectivity index (χ3n) is 4.86. The maximum absolute atomic E-state index is 10.5. The lowest BCUT2D eigenvalue weighted by Crippen LogP contribution is -2.87. The monoisotopic (exact) mass is 402 g/mol. The van der Waals surface area contributed by atoms with Crippen LogP contribution in [0.2, 0.25) is 0 Å². The summed E-state index contributed by atoms with van der Waals surface area (Å²) < 4.78 is 10.9. The van der Waals surface area contributed by atoms with Gasteiger partial charge in [-0.05, 0) is 24.3 Å². The second kappa shape index (κ2) is 9.82. The number of ether oxygens (including phenoxy) is 1. The lowest BCUT2D eigenvalue weighted by Gasteiger charge is -2.19. The Morgan fingerprint density at radius 3 is 2.07 bits per heavy atom. The van der Waals surface area contributed by atoms with Crippen molar-refractivity contribution in [3.8, 4) is 17.2 Å². The first-order valence-corrected chi connectivity index (χ1v) is 9.90. The van der Waals surface area contributed by atoms with E-state index in [4.69, 9.17) is 9.15 Å². The van der Waals surface area contributed by atoms with E-state index in [2.05, 4.69) is 39.8 Å². The van der Waals surface area contributed by atoms with Gasteiger partial charge in [0.25, 0.3) is 0 Å². The Bertz CT molecular complexity index is 967. The summed E-state index contributed by atoms with van der Waals surface area (Å²) in [5, 5.41) is 20.2. The molecule has 4 rings (SSSR count). The van der Waals surface area contributed by atoms with Crippen LogP contribution in [0.3, 0.4) is 0 Å². The highest BCUT2D eigenvalue weighted by Gasteiger charge is 2.19. The van der Waals surface area contributed by atoms with E-state index in [0.29, 0.717) is 18.2 Å². The Kier molecular flexibility index (Phi) is 6.49. The van der Waals surface area contributed by atoms with Gasteiger partial charge in [0.1, 0.15) is 31.0 Å². The lowest BCUT2D eigenvalue weighted by molar-refractivity contribution is -0.692. The summed E-state index contributed by atoms with van der Waals surface area (Å²) in [7, 11) is 0. The lowest BCUT2D eigenvalue weighted by atomic mass is 9.98. The molecule has 0 bridgehead atoms. The maximum atomic E-state index is 10.5. The summed E-state index contributed by atoms with van der Waals surface area (Å²) in [5.41, 5.74) is 3.23. The number of nitrogens with zero attached hydrogens (tertiary/aromatic N) is 2. The summed E-state index contributed by atoms with van der Waals surface area (Å²) >= 11 is 0. The molecular weight excluding hydrogens is 378 g/mol. The van der Waals surface area contributed by atoms with Gasteiger partial charge in [0.05, 0.1) is 0 Å². The van der Waals surface area contributed by atoms with E-state index in [-0.39, 0.29) is 12.6 Å². The number of benzene rings is 3. The largest absolute Gasteiger partial charge is 0.491 e. The SMILES string of the molecule is O[C@H](C[NH2+]C(c1ccccc1)c1ccccc1)COc1ccc(-c2nnco2)cc1. The van der Waals surface area contributed by atoms with Crippen LogP contribution in [0.4, 0.5) is 0 Å². The van der Waals surface area contributed by atoms with Crippen molar-refractivity contribution in [3.63, 3.8) is 0 Å². The number of aromatic nitrogens is 2. The molecule has 6 heteroatoms. The molecule has 30 heavy (non-hydrogen) atoms. The molecule has 3 aromatic carbocycles. The van der Waals surface area contributed by atoms with Gasteiger partial charge in [-0.1, -0.05) is 60.7 Å². The number of hydrogen-bond donors (Lipinski definition) is 2. The summed E-state index contributed by atoms with van der Waals surface area (Å²) in [5.74, 6) is 1.14. The Morgan fingerprint density at radius 2 is 1.50 bits per heavy atom. The standard InChI is InChI=1S/C24H23N3O3/c28-21(16-29-22-13-11-20(12-14-22)24-27-26-17-30-24)15-25-23(18-7-3-1-4-8-18)19-9-5-2-6-10-19/h1-14,17,21,23,25,28H,15-16H2/p+1/t21-/m1/s1. The number of aliphatic hydroxyl groups excluding tert-OH is 1. The number of rotatable bonds is 9. The molecule has 3 N–H and O–H groups in total. The molecule has 0 aliphatic rings. The van der Waals surface area contributed by atoms with Crippen molar-refractivity contribution in [2.24, 2.45) is 0 Å². The van der Waals surface area contributed by atoms with Gasteiger partial charge >= 0.3 is 0 Å². The Balaban J connectivity index is 1.33. The second-order valence-corrected chi connectivity index (χ2v) is 7.00. The van der Waals surface area contributed by atoms with Gasteiger partial charge in [-0.15, -0.1) is 10.2 Å². The summed E-state index contributed by atoms with van der Waals surface area (Å²) in [6.45, 7) is 0.737. The number of nitrogens with two attached hydrogens (primary N) is 1. The molecule has 0 unspecified atom stereocenters. The molecule has 6 nitrogen and oxygen atoms in total. The molecule has 0 aliphatic heterocycles. The van der Waals surface area contributed by atoms with Crippen LogP contribution in [0.15, 0.2) is 95.7 Å². The molecule has 152 valence electrons. The summed E-state index contributed by atoms with van der Waals surface area (Å²) in [6.07, 6.45) is 0.695. The Labute approximate surface area is 175 Å². The summed E-state index contributed by atoms with van der Waals surface area (Å²) in [6, 6.07) is 28.1. The molecule has 0 saturated heterocycles. The van der Waals surface area contributed by atoms with Crippen molar-refractivity contribution < 1.29 is 19.6 Å². The fourth-order valence-electron chi connectivity index (χ4n) is 3.33. The number of quaternary nitrogens is 1. The molecule has 4 aromatic rings. The smallest absolute Gasteiger partial charge is 0.247 e. The van der Waals surface area contributed by atoms with Crippen LogP contribution in [0, 0.1) is 0 Å². The van der Waals surface area contributed by atoms with Gasteiger partial charge in [0, 0.05) is 16.7 Å². The minimum atomic E-state index is -0.601. The minimum Gasteiger partial charge on any atom is -0.491 e. The van der Waals surface area contributed by atoms with Crippen molar-refractivity contribution in [2.45, 2.75) is 12.1 Å². The zero-order chi connectivity index (χ0) is 20.6. The van der Waals surface area contributed by atoms with E-state index in [1.54, 1.807) is 0 Å². The highest BCUT2D eigenvalue weighted by atomic mass is 16.5. The molecule has 1 heterocycles. The molecule has 0 radical (unpaired) electrons. The average Bonchev–Trinajstić information content (AvgIpc) is 3.35. The van der Waals surface area contributed by atoms with E-state index in [1.165, 1.54) is 17.5 Å². The molecule has 0 fully saturated rings. The van der Waals surface area contributed by atoms with Gasteiger partial charge in [-0.25, -0.2) is 0 Å². The van der Waals surface area contributed by atoms with Gasteiger partial charge in [-0.2, -0.15) is 0 Å². The first-order chi connectivity index (χ1) is 14.8. The van der Waals surface area contributed by atoms with Crippen LogP contribution < -0.4 is 10.1 Å². The predicted molar refractivity (Wildman–Crippen MR) is 113 cm³/mol.